The molecule has 1 aromatic heterocycles. The number of rotatable bonds is 6. The van der Waals surface area contributed by atoms with Gasteiger partial charge in [-0.25, -0.2) is 4.79 Å². The first-order valence-corrected chi connectivity index (χ1v) is 8.34. The normalized spacial score (nSPS) is 12.2. The summed E-state index contributed by atoms with van der Waals surface area (Å²) in [6.07, 6.45) is 2.33. The van der Waals surface area contributed by atoms with Gasteiger partial charge in [-0.2, -0.15) is 11.8 Å². The molecule has 0 aliphatic heterocycles. The van der Waals surface area contributed by atoms with E-state index >= 15 is 0 Å². The Morgan fingerprint density at radius 1 is 1.40 bits per heavy atom. The third-order valence-electron chi connectivity index (χ3n) is 2.86. The van der Waals surface area contributed by atoms with Crippen molar-refractivity contribution in [2.24, 2.45) is 0 Å². The van der Waals surface area contributed by atoms with Gasteiger partial charge in [0.1, 0.15) is 6.04 Å². The fraction of sp³-hybridized carbons (Fsp3) is 0.286. The third-order valence-corrected chi connectivity index (χ3v) is 4.62. The second kappa shape index (κ2) is 6.76. The highest BCUT2D eigenvalue weighted by Gasteiger charge is 2.21. The van der Waals surface area contributed by atoms with Gasteiger partial charge in [-0.05, 0) is 35.9 Å². The smallest absolute Gasteiger partial charge is 0.326 e. The zero-order valence-corrected chi connectivity index (χ0v) is 12.6. The van der Waals surface area contributed by atoms with Crippen LogP contribution < -0.4 is 5.32 Å². The summed E-state index contributed by atoms with van der Waals surface area (Å²) in [6, 6.07) is 8.67. The number of carboxylic acids is 1. The third kappa shape index (κ3) is 3.52. The van der Waals surface area contributed by atoms with Gasteiger partial charge in [0.25, 0.3) is 5.91 Å². The lowest BCUT2D eigenvalue weighted by molar-refractivity contribution is -0.139. The fourth-order valence-corrected chi connectivity index (χ4v) is 3.25. The Balaban J connectivity index is 2.11. The molecule has 0 fully saturated rings. The van der Waals surface area contributed by atoms with Crippen molar-refractivity contribution in [3.8, 4) is 0 Å². The number of benzene rings is 1. The van der Waals surface area contributed by atoms with Gasteiger partial charge in [-0.3, -0.25) is 4.79 Å². The maximum Gasteiger partial charge on any atom is 0.326 e. The number of aliphatic carboxylic acids is 1. The van der Waals surface area contributed by atoms with E-state index in [2.05, 4.69) is 5.32 Å². The predicted molar refractivity (Wildman–Crippen MR) is 83.7 cm³/mol. The van der Waals surface area contributed by atoms with Crippen molar-refractivity contribution < 1.29 is 14.7 Å². The molecule has 0 saturated heterocycles. The summed E-state index contributed by atoms with van der Waals surface area (Å²) in [6.45, 7) is 0. The first-order chi connectivity index (χ1) is 9.61. The molecule has 1 amide bonds. The second-order valence-corrected chi connectivity index (χ2v) is 6.36. The SMILES string of the molecule is CSCC[C@H](NC(=O)c1cc2ccccc2s1)C(=O)O. The van der Waals surface area contributed by atoms with E-state index in [-0.39, 0.29) is 5.91 Å². The number of thiophene rings is 1. The Bertz CT molecular complexity index is 591. The van der Waals surface area contributed by atoms with Crippen molar-refractivity contribution >= 4 is 45.1 Å². The zero-order chi connectivity index (χ0) is 14.5. The van der Waals surface area contributed by atoms with Crippen molar-refractivity contribution in [2.75, 3.05) is 12.0 Å². The van der Waals surface area contributed by atoms with E-state index < -0.39 is 12.0 Å². The number of nitrogens with one attached hydrogen (secondary N) is 1. The highest BCUT2D eigenvalue weighted by molar-refractivity contribution is 7.98. The van der Waals surface area contributed by atoms with E-state index in [0.717, 1.165) is 10.1 Å². The van der Waals surface area contributed by atoms with Gasteiger partial charge in [-0.15, -0.1) is 11.3 Å². The standard InChI is InChI=1S/C14H15NO3S2/c1-19-7-6-10(14(17)18)15-13(16)12-8-9-4-2-3-5-11(9)20-12/h2-5,8,10H,6-7H2,1H3,(H,15,16)(H,17,18)/t10-/m0/s1. The van der Waals surface area contributed by atoms with E-state index in [1.54, 1.807) is 17.8 Å². The number of fused-ring (bicyclic) bond motifs is 1. The molecule has 2 rings (SSSR count). The molecule has 0 bridgehead atoms. The highest BCUT2D eigenvalue weighted by atomic mass is 32.2. The summed E-state index contributed by atoms with van der Waals surface area (Å²) in [5.41, 5.74) is 0. The minimum atomic E-state index is -0.992. The molecule has 6 heteroatoms. The van der Waals surface area contributed by atoms with Gasteiger partial charge in [0.15, 0.2) is 0 Å². The quantitative estimate of drug-likeness (QED) is 0.861. The predicted octanol–water partition coefficient (Wildman–Crippen LogP) is 2.84. The molecule has 4 nitrogen and oxygen atoms in total. The van der Waals surface area contributed by atoms with Crippen molar-refractivity contribution in [2.45, 2.75) is 12.5 Å². The van der Waals surface area contributed by atoms with Crippen LogP contribution in [0.1, 0.15) is 16.1 Å². The molecule has 0 saturated carbocycles. The van der Waals surface area contributed by atoms with Crippen molar-refractivity contribution in [1.29, 1.82) is 0 Å². The van der Waals surface area contributed by atoms with Crippen LogP contribution >= 0.6 is 23.1 Å². The van der Waals surface area contributed by atoms with E-state index in [4.69, 9.17) is 5.11 Å². The lowest BCUT2D eigenvalue weighted by Gasteiger charge is -2.12. The van der Waals surface area contributed by atoms with Crippen LogP contribution in [0.2, 0.25) is 0 Å². The van der Waals surface area contributed by atoms with Crippen molar-refractivity contribution in [3.63, 3.8) is 0 Å². The monoisotopic (exact) mass is 309 g/mol. The molecule has 0 aliphatic carbocycles. The van der Waals surface area contributed by atoms with E-state index in [1.165, 1.54) is 11.3 Å². The van der Waals surface area contributed by atoms with Gasteiger partial charge in [-0.1, -0.05) is 18.2 Å². The summed E-state index contributed by atoms with van der Waals surface area (Å²) < 4.78 is 1.02. The van der Waals surface area contributed by atoms with Gasteiger partial charge in [0, 0.05) is 4.70 Å². The molecule has 0 aliphatic rings. The molecule has 20 heavy (non-hydrogen) atoms. The summed E-state index contributed by atoms with van der Waals surface area (Å²) in [5, 5.41) is 12.7. The molecule has 1 aromatic carbocycles. The Morgan fingerprint density at radius 2 is 2.15 bits per heavy atom. The fourth-order valence-electron chi connectivity index (χ4n) is 1.82. The van der Waals surface area contributed by atoms with Crippen LogP contribution in [0.5, 0.6) is 0 Å². The Labute approximate surface area is 125 Å². The molecule has 0 spiro atoms. The van der Waals surface area contributed by atoms with Crippen LogP contribution in [0, 0.1) is 0 Å². The van der Waals surface area contributed by atoms with E-state index in [9.17, 15) is 9.59 Å². The number of hydrogen-bond acceptors (Lipinski definition) is 4. The Kier molecular flexibility index (Phi) is 5.03. The molecule has 2 N–H and O–H groups in total. The Morgan fingerprint density at radius 3 is 2.80 bits per heavy atom. The first-order valence-electron chi connectivity index (χ1n) is 6.13. The average Bonchev–Trinajstić information content (AvgIpc) is 2.86. The van der Waals surface area contributed by atoms with Gasteiger partial charge >= 0.3 is 5.97 Å². The number of carbonyl (C=O) groups excluding carboxylic acids is 1. The number of thioether (sulfide) groups is 1. The van der Waals surface area contributed by atoms with Crippen LogP contribution in [0.3, 0.4) is 0 Å². The van der Waals surface area contributed by atoms with Crippen LogP contribution in [-0.2, 0) is 4.79 Å². The minimum absolute atomic E-state index is 0.320. The van der Waals surface area contributed by atoms with Crippen LogP contribution in [0.15, 0.2) is 30.3 Å². The largest absolute Gasteiger partial charge is 0.480 e. The highest BCUT2D eigenvalue weighted by Crippen LogP contribution is 2.25. The average molecular weight is 309 g/mol. The maximum absolute atomic E-state index is 12.1. The lowest BCUT2D eigenvalue weighted by atomic mass is 10.2. The van der Waals surface area contributed by atoms with Gasteiger partial charge in [0.2, 0.25) is 0 Å². The molecule has 1 heterocycles. The lowest BCUT2D eigenvalue weighted by Crippen LogP contribution is -2.40. The topological polar surface area (TPSA) is 66.4 Å². The number of amides is 1. The summed E-state index contributed by atoms with van der Waals surface area (Å²) in [4.78, 5) is 23.8. The Hall–Kier alpha value is -1.53. The molecular weight excluding hydrogens is 294 g/mol. The van der Waals surface area contributed by atoms with Gasteiger partial charge in [0.05, 0.1) is 4.88 Å². The van der Waals surface area contributed by atoms with E-state index in [0.29, 0.717) is 17.1 Å². The van der Waals surface area contributed by atoms with Crippen molar-refractivity contribution in [1.82, 2.24) is 5.32 Å². The summed E-state index contributed by atoms with van der Waals surface area (Å²) >= 11 is 2.93. The molecular formula is C14H15NO3S2. The maximum atomic E-state index is 12.1. The minimum Gasteiger partial charge on any atom is -0.480 e. The molecule has 0 radical (unpaired) electrons. The van der Waals surface area contributed by atoms with E-state index in [1.807, 2.05) is 30.5 Å². The summed E-state index contributed by atoms with van der Waals surface area (Å²) in [5.74, 6) is -0.614. The van der Waals surface area contributed by atoms with Crippen LogP contribution in [0.25, 0.3) is 10.1 Å². The summed E-state index contributed by atoms with van der Waals surface area (Å²) in [7, 11) is 0. The zero-order valence-electron chi connectivity index (χ0n) is 11.0. The second-order valence-electron chi connectivity index (χ2n) is 4.29. The first kappa shape index (κ1) is 14.9. The molecule has 106 valence electrons. The number of carbonyl (C=O) groups is 2. The molecule has 1 atom stereocenters. The number of hydrogen-bond donors (Lipinski definition) is 2. The van der Waals surface area contributed by atoms with Crippen molar-refractivity contribution in [3.05, 3.63) is 35.2 Å². The molecule has 2 aromatic rings. The molecule has 0 unspecified atom stereocenters. The number of carboxylic acid groups (broad SMARTS) is 1. The van der Waals surface area contributed by atoms with Gasteiger partial charge < -0.3 is 10.4 Å². The van der Waals surface area contributed by atoms with Crippen LogP contribution in [-0.4, -0.2) is 35.0 Å². The van der Waals surface area contributed by atoms with Crippen LogP contribution in [0.4, 0.5) is 0 Å².